The summed E-state index contributed by atoms with van der Waals surface area (Å²) >= 11 is 13.3. The van der Waals surface area contributed by atoms with E-state index in [1.807, 2.05) is 62.4 Å². The van der Waals surface area contributed by atoms with Crippen molar-refractivity contribution in [3.63, 3.8) is 0 Å². The van der Waals surface area contributed by atoms with E-state index in [9.17, 15) is 4.79 Å². The van der Waals surface area contributed by atoms with Crippen LogP contribution in [0.4, 0.5) is 0 Å². The number of aromatic nitrogens is 2. The molecule has 0 amide bonds. The van der Waals surface area contributed by atoms with E-state index in [0.29, 0.717) is 44.3 Å². The van der Waals surface area contributed by atoms with Crippen LogP contribution in [0.5, 0.6) is 11.5 Å². The zero-order valence-corrected chi connectivity index (χ0v) is 24.6. The summed E-state index contributed by atoms with van der Waals surface area (Å²) in [6.07, 6.45) is 2.45. The standard InChI is InChI=1S/C28H26Br2ClN3O3/c1-4-17(3)27-33-24-11-10-20(29)14-21(24)28(35)34(27)32-15-18-12-22(30)26(25(13-18)36-5-2)37-16-19-8-6-7-9-23(19)31/h6-15,17H,4-5,16H2,1-3H3/t17-/m0/s1. The van der Waals surface area contributed by atoms with Gasteiger partial charge in [-0.2, -0.15) is 9.78 Å². The summed E-state index contributed by atoms with van der Waals surface area (Å²) in [5.74, 6) is 1.78. The molecule has 0 unspecified atom stereocenters. The van der Waals surface area contributed by atoms with Gasteiger partial charge in [0.05, 0.1) is 28.2 Å². The zero-order chi connectivity index (χ0) is 26.5. The highest BCUT2D eigenvalue weighted by atomic mass is 79.9. The van der Waals surface area contributed by atoms with Gasteiger partial charge in [0.25, 0.3) is 5.56 Å². The topological polar surface area (TPSA) is 65.7 Å². The summed E-state index contributed by atoms with van der Waals surface area (Å²) in [6.45, 7) is 6.74. The molecule has 1 heterocycles. The van der Waals surface area contributed by atoms with E-state index in [2.05, 4.69) is 43.9 Å². The van der Waals surface area contributed by atoms with E-state index >= 15 is 0 Å². The van der Waals surface area contributed by atoms with Gasteiger partial charge in [0.2, 0.25) is 0 Å². The predicted molar refractivity (Wildman–Crippen MR) is 156 cm³/mol. The van der Waals surface area contributed by atoms with Crippen LogP contribution in [0, 0.1) is 0 Å². The van der Waals surface area contributed by atoms with Gasteiger partial charge >= 0.3 is 0 Å². The highest BCUT2D eigenvalue weighted by Gasteiger charge is 2.17. The fraction of sp³-hybridized carbons (Fsp3) is 0.250. The summed E-state index contributed by atoms with van der Waals surface area (Å²) in [6, 6.07) is 16.7. The number of ether oxygens (including phenoxy) is 2. The van der Waals surface area contributed by atoms with Crippen LogP contribution in [0.25, 0.3) is 10.9 Å². The third-order valence-corrected chi connectivity index (χ3v) is 7.32. The Morgan fingerprint density at radius 2 is 1.89 bits per heavy atom. The van der Waals surface area contributed by atoms with Crippen molar-refractivity contribution in [1.29, 1.82) is 0 Å². The molecule has 4 aromatic rings. The molecule has 0 aliphatic rings. The molecule has 0 spiro atoms. The molecule has 0 fully saturated rings. The molecule has 4 rings (SSSR count). The Bertz CT molecular complexity index is 1520. The van der Waals surface area contributed by atoms with E-state index < -0.39 is 0 Å². The Morgan fingerprint density at radius 1 is 1.11 bits per heavy atom. The molecule has 9 heteroatoms. The first-order valence-electron chi connectivity index (χ1n) is 11.9. The Kier molecular flexibility index (Phi) is 9.05. The first kappa shape index (κ1) is 27.4. The van der Waals surface area contributed by atoms with Gasteiger partial charge in [0.15, 0.2) is 11.5 Å². The summed E-state index contributed by atoms with van der Waals surface area (Å²) in [5, 5.41) is 5.70. The number of hydrogen-bond donors (Lipinski definition) is 0. The number of rotatable bonds is 9. The minimum absolute atomic E-state index is 0.0456. The monoisotopic (exact) mass is 645 g/mol. The van der Waals surface area contributed by atoms with Crippen LogP contribution in [0.2, 0.25) is 5.02 Å². The van der Waals surface area contributed by atoms with Gasteiger partial charge in [-0.3, -0.25) is 4.79 Å². The summed E-state index contributed by atoms with van der Waals surface area (Å²) in [7, 11) is 0. The normalized spacial score (nSPS) is 12.3. The Hall–Kier alpha value is -2.68. The van der Waals surface area contributed by atoms with E-state index in [-0.39, 0.29) is 18.1 Å². The molecule has 192 valence electrons. The van der Waals surface area contributed by atoms with Crippen LogP contribution >= 0.6 is 43.5 Å². The molecule has 3 aromatic carbocycles. The summed E-state index contributed by atoms with van der Waals surface area (Å²) in [5.41, 5.74) is 2.03. The lowest BCUT2D eigenvalue weighted by Crippen LogP contribution is -2.23. The molecular weight excluding hydrogens is 622 g/mol. The smallest absolute Gasteiger partial charge is 0.282 e. The van der Waals surface area contributed by atoms with Crippen molar-refractivity contribution in [1.82, 2.24) is 9.66 Å². The highest BCUT2D eigenvalue weighted by Crippen LogP contribution is 2.37. The molecule has 1 atom stereocenters. The number of benzene rings is 3. The maximum Gasteiger partial charge on any atom is 0.282 e. The summed E-state index contributed by atoms with van der Waals surface area (Å²) < 4.78 is 14.8. The molecule has 0 radical (unpaired) electrons. The molecule has 0 bridgehead atoms. The van der Waals surface area contributed by atoms with Crippen molar-refractivity contribution in [3.8, 4) is 11.5 Å². The highest BCUT2D eigenvalue weighted by molar-refractivity contribution is 9.10. The van der Waals surface area contributed by atoms with Crippen molar-refractivity contribution >= 4 is 60.6 Å². The van der Waals surface area contributed by atoms with Crippen LogP contribution in [0.1, 0.15) is 50.1 Å². The first-order valence-corrected chi connectivity index (χ1v) is 13.9. The summed E-state index contributed by atoms with van der Waals surface area (Å²) in [4.78, 5) is 18.2. The lowest BCUT2D eigenvalue weighted by atomic mass is 10.1. The van der Waals surface area contributed by atoms with Crippen LogP contribution in [0.15, 0.2) is 73.4 Å². The van der Waals surface area contributed by atoms with Crippen molar-refractivity contribution in [2.24, 2.45) is 5.10 Å². The van der Waals surface area contributed by atoms with Crippen LogP contribution in [-0.2, 0) is 6.61 Å². The van der Waals surface area contributed by atoms with Gasteiger partial charge in [0, 0.05) is 21.0 Å². The van der Waals surface area contributed by atoms with Gasteiger partial charge in [-0.25, -0.2) is 4.98 Å². The lowest BCUT2D eigenvalue weighted by molar-refractivity contribution is 0.267. The van der Waals surface area contributed by atoms with Crippen LogP contribution in [-0.4, -0.2) is 22.5 Å². The second-order valence-corrected chi connectivity index (χ2v) is 10.6. The molecule has 1 aromatic heterocycles. The number of halogens is 3. The van der Waals surface area contributed by atoms with Crippen molar-refractivity contribution in [2.45, 2.75) is 39.7 Å². The minimum atomic E-state index is -0.221. The van der Waals surface area contributed by atoms with E-state index in [1.165, 1.54) is 4.68 Å². The number of fused-ring (bicyclic) bond motifs is 1. The van der Waals surface area contributed by atoms with Gasteiger partial charge in [-0.1, -0.05) is 59.6 Å². The predicted octanol–water partition coefficient (Wildman–Crippen LogP) is 7.95. The Balaban J connectivity index is 1.72. The lowest BCUT2D eigenvalue weighted by Gasteiger charge is -2.16. The maximum atomic E-state index is 13.4. The quantitative estimate of drug-likeness (QED) is 0.173. The maximum absolute atomic E-state index is 13.4. The molecule has 0 N–H and O–H groups in total. The third kappa shape index (κ3) is 6.25. The molecule has 0 aliphatic carbocycles. The zero-order valence-electron chi connectivity index (χ0n) is 20.7. The van der Waals surface area contributed by atoms with Crippen molar-refractivity contribution in [2.75, 3.05) is 6.61 Å². The molecule has 0 saturated carbocycles. The van der Waals surface area contributed by atoms with Crippen molar-refractivity contribution < 1.29 is 9.47 Å². The van der Waals surface area contributed by atoms with Gasteiger partial charge in [-0.15, -0.1) is 0 Å². The van der Waals surface area contributed by atoms with Crippen molar-refractivity contribution in [3.05, 3.63) is 95.9 Å². The second-order valence-electron chi connectivity index (χ2n) is 8.45. The molecule has 6 nitrogen and oxygen atoms in total. The fourth-order valence-electron chi connectivity index (χ4n) is 3.73. The number of hydrogen-bond acceptors (Lipinski definition) is 5. The van der Waals surface area contributed by atoms with Gasteiger partial charge in [0.1, 0.15) is 12.4 Å². The third-order valence-electron chi connectivity index (χ3n) is 5.87. The average Bonchev–Trinajstić information content (AvgIpc) is 2.88. The molecule has 0 aliphatic heterocycles. The fourth-order valence-corrected chi connectivity index (χ4v) is 4.86. The van der Waals surface area contributed by atoms with E-state index in [4.69, 9.17) is 26.1 Å². The largest absolute Gasteiger partial charge is 0.490 e. The Morgan fingerprint density at radius 3 is 2.62 bits per heavy atom. The van der Waals surface area contributed by atoms with Crippen LogP contribution < -0.4 is 15.0 Å². The van der Waals surface area contributed by atoms with Gasteiger partial charge < -0.3 is 9.47 Å². The number of nitrogens with zero attached hydrogens (tertiary/aromatic N) is 3. The minimum Gasteiger partial charge on any atom is -0.490 e. The molecule has 0 saturated heterocycles. The van der Waals surface area contributed by atoms with E-state index in [1.54, 1.807) is 12.3 Å². The van der Waals surface area contributed by atoms with Gasteiger partial charge in [-0.05, 0) is 71.2 Å². The average molecular weight is 648 g/mol. The SMILES string of the molecule is CCOc1cc(C=Nn2c([C@@H](C)CC)nc3ccc(Br)cc3c2=O)cc(Br)c1OCc1ccccc1Cl. The molecule has 37 heavy (non-hydrogen) atoms. The first-order chi connectivity index (χ1) is 17.8. The molecular formula is C28H26Br2ClN3O3. The van der Waals surface area contributed by atoms with E-state index in [0.717, 1.165) is 22.0 Å². The second kappa shape index (κ2) is 12.2. The Labute approximate surface area is 237 Å². The van der Waals surface area contributed by atoms with Crippen LogP contribution in [0.3, 0.4) is 0 Å².